The number of fused-ring (bicyclic) bond motifs is 1. The molecule has 1 atom stereocenters. The summed E-state index contributed by atoms with van der Waals surface area (Å²) >= 11 is 3.41. The van der Waals surface area contributed by atoms with Crippen LogP contribution in [0.15, 0.2) is 47.2 Å². The Hall–Kier alpha value is -2.08. The van der Waals surface area contributed by atoms with Crippen molar-refractivity contribution in [2.75, 3.05) is 23.8 Å². The van der Waals surface area contributed by atoms with Crippen molar-refractivity contribution in [3.8, 4) is 0 Å². The highest BCUT2D eigenvalue weighted by Crippen LogP contribution is 2.27. The molecule has 3 rings (SSSR count). The predicted octanol–water partition coefficient (Wildman–Crippen LogP) is 3.72. The fourth-order valence-electron chi connectivity index (χ4n) is 2.89. The van der Waals surface area contributed by atoms with Crippen LogP contribution in [-0.4, -0.2) is 35.5 Å². The van der Waals surface area contributed by atoms with E-state index in [4.69, 9.17) is 0 Å². The number of carbonyl (C=O) groups excluding carboxylic acids is 1. The molecule has 23 heavy (non-hydrogen) atoms. The molecule has 0 unspecified atom stereocenters. The number of para-hydroxylation sites is 1. The van der Waals surface area contributed by atoms with Crippen molar-refractivity contribution in [3.05, 3.63) is 52.8 Å². The Kier molecular flexibility index (Phi) is 4.52. The lowest BCUT2D eigenvalue weighted by atomic mass is 10.1. The van der Waals surface area contributed by atoms with Gasteiger partial charge >= 0.3 is 6.03 Å². The number of halogens is 1. The van der Waals surface area contributed by atoms with Crippen LogP contribution in [0.5, 0.6) is 0 Å². The standard InChI is InChI=1S/C17H19BrN4O/c1-12-10-21(2)16-6-4-3-5-13(16)11-22(12)17(23)20-15-7-8-19-9-14(15)18/h3-9,12H,10-11H2,1-2H3,(H,19,20,23)/t12-/m0/s1. The van der Waals surface area contributed by atoms with Gasteiger partial charge in [-0.25, -0.2) is 4.79 Å². The number of carbonyl (C=O) groups is 1. The molecule has 0 aliphatic carbocycles. The summed E-state index contributed by atoms with van der Waals surface area (Å²) < 4.78 is 0.772. The fraction of sp³-hybridized carbons (Fsp3) is 0.294. The molecule has 2 amide bonds. The van der Waals surface area contributed by atoms with Crippen LogP contribution < -0.4 is 10.2 Å². The molecule has 2 aromatic rings. The highest BCUT2D eigenvalue weighted by molar-refractivity contribution is 9.10. The fourth-order valence-corrected chi connectivity index (χ4v) is 3.23. The second-order valence-corrected chi connectivity index (χ2v) is 6.63. The van der Waals surface area contributed by atoms with Gasteiger partial charge in [-0.05, 0) is 40.5 Å². The van der Waals surface area contributed by atoms with E-state index in [9.17, 15) is 4.79 Å². The van der Waals surface area contributed by atoms with Gasteiger partial charge < -0.3 is 15.1 Å². The predicted molar refractivity (Wildman–Crippen MR) is 95.7 cm³/mol. The van der Waals surface area contributed by atoms with Crippen LogP contribution in [0.25, 0.3) is 0 Å². The van der Waals surface area contributed by atoms with Crippen molar-refractivity contribution in [2.24, 2.45) is 0 Å². The summed E-state index contributed by atoms with van der Waals surface area (Å²) in [5.41, 5.74) is 3.06. The number of pyridine rings is 1. The number of nitrogens with zero attached hydrogens (tertiary/aromatic N) is 3. The van der Waals surface area contributed by atoms with Crippen molar-refractivity contribution >= 4 is 33.3 Å². The second kappa shape index (κ2) is 6.58. The Balaban J connectivity index is 1.84. The molecule has 0 saturated carbocycles. The lowest BCUT2D eigenvalue weighted by molar-refractivity contribution is 0.192. The van der Waals surface area contributed by atoms with Gasteiger partial charge in [0, 0.05) is 44.3 Å². The topological polar surface area (TPSA) is 48.5 Å². The third-order valence-corrected chi connectivity index (χ3v) is 4.72. The van der Waals surface area contributed by atoms with Crippen LogP contribution in [0, 0.1) is 0 Å². The summed E-state index contributed by atoms with van der Waals surface area (Å²) in [6, 6.07) is 10.0. The zero-order valence-electron chi connectivity index (χ0n) is 13.2. The van der Waals surface area contributed by atoms with Gasteiger partial charge in [0.05, 0.1) is 10.2 Å². The number of benzene rings is 1. The third-order valence-electron chi connectivity index (χ3n) is 4.09. The summed E-state index contributed by atoms with van der Waals surface area (Å²) in [5, 5.41) is 2.97. The number of rotatable bonds is 1. The van der Waals surface area contributed by atoms with E-state index in [0.29, 0.717) is 6.54 Å². The van der Waals surface area contributed by atoms with Crippen molar-refractivity contribution in [3.63, 3.8) is 0 Å². The van der Waals surface area contributed by atoms with E-state index in [2.05, 4.69) is 57.2 Å². The monoisotopic (exact) mass is 374 g/mol. The molecule has 0 spiro atoms. The number of nitrogens with one attached hydrogen (secondary N) is 1. The van der Waals surface area contributed by atoms with Gasteiger partial charge in [-0.3, -0.25) is 4.98 Å². The van der Waals surface area contributed by atoms with Crippen LogP contribution in [-0.2, 0) is 6.54 Å². The summed E-state index contributed by atoms with van der Waals surface area (Å²) in [6.07, 6.45) is 3.33. The average Bonchev–Trinajstić information content (AvgIpc) is 2.66. The largest absolute Gasteiger partial charge is 0.372 e. The molecule has 1 aliphatic heterocycles. The maximum Gasteiger partial charge on any atom is 0.322 e. The van der Waals surface area contributed by atoms with Crippen LogP contribution >= 0.6 is 15.9 Å². The van der Waals surface area contributed by atoms with E-state index in [1.807, 2.05) is 17.0 Å². The minimum absolute atomic E-state index is 0.102. The molecular formula is C17H19BrN4O. The molecule has 2 heterocycles. The normalized spacial score (nSPS) is 17.4. The quantitative estimate of drug-likeness (QED) is 0.827. The molecular weight excluding hydrogens is 356 g/mol. The first-order valence-electron chi connectivity index (χ1n) is 7.52. The van der Waals surface area contributed by atoms with E-state index in [1.165, 1.54) is 5.69 Å². The Morgan fingerprint density at radius 1 is 1.35 bits per heavy atom. The minimum Gasteiger partial charge on any atom is -0.372 e. The first-order chi connectivity index (χ1) is 11.1. The average molecular weight is 375 g/mol. The maximum absolute atomic E-state index is 12.8. The first-order valence-corrected chi connectivity index (χ1v) is 8.31. The van der Waals surface area contributed by atoms with Gasteiger partial charge in [-0.15, -0.1) is 0 Å². The highest BCUT2D eigenvalue weighted by atomic mass is 79.9. The molecule has 0 fully saturated rings. The number of anilines is 2. The van der Waals surface area contributed by atoms with Crippen molar-refractivity contribution in [2.45, 2.75) is 19.5 Å². The summed E-state index contributed by atoms with van der Waals surface area (Å²) in [5.74, 6) is 0. The zero-order valence-corrected chi connectivity index (χ0v) is 14.7. The highest BCUT2D eigenvalue weighted by Gasteiger charge is 2.27. The molecule has 0 saturated heterocycles. The number of aromatic nitrogens is 1. The number of urea groups is 1. The van der Waals surface area contributed by atoms with E-state index >= 15 is 0 Å². The maximum atomic E-state index is 12.8. The number of likely N-dealkylation sites (N-methyl/N-ethyl adjacent to an activating group) is 1. The van der Waals surface area contributed by atoms with Crippen LogP contribution in [0.4, 0.5) is 16.2 Å². The first kappa shape index (κ1) is 15.8. The van der Waals surface area contributed by atoms with Gasteiger partial charge in [0.25, 0.3) is 0 Å². The molecule has 1 aliphatic rings. The van der Waals surface area contributed by atoms with Gasteiger partial charge in [-0.2, -0.15) is 0 Å². The molecule has 120 valence electrons. The SMILES string of the molecule is C[C@H]1CN(C)c2ccccc2CN1C(=O)Nc1ccncc1Br. The minimum atomic E-state index is -0.102. The van der Waals surface area contributed by atoms with Crippen molar-refractivity contribution < 1.29 is 4.79 Å². The van der Waals surface area contributed by atoms with Crippen molar-refractivity contribution in [1.29, 1.82) is 0 Å². The molecule has 1 aromatic heterocycles. The van der Waals surface area contributed by atoms with Crippen LogP contribution in [0.2, 0.25) is 0 Å². The lowest BCUT2D eigenvalue weighted by Crippen LogP contribution is -2.44. The lowest BCUT2D eigenvalue weighted by Gasteiger charge is -2.28. The van der Waals surface area contributed by atoms with E-state index in [0.717, 1.165) is 22.3 Å². The molecule has 1 N–H and O–H groups in total. The Morgan fingerprint density at radius 3 is 2.91 bits per heavy atom. The Bertz CT molecular complexity index is 721. The Labute approximate surface area is 144 Å². The number of amides is 2. The summed E-state index contributed by atoms with van der Waals surface area (Å²) in [7, 11) is 2.07. The molecule has 0 radical (unpaired) electrons. The molecule has 6 heteroatoms. The summed E-state index contributed by atoms with van der Waals surface area (Å²) in [4.78, 5) is 20.8. The van der Waals surface area contributed by atoms with Crippen molar-refractivity contribution in [1.82, 2.24) is 9.88 Å². The Morgan fingerprint density at radius 2 is 2.13 bits per heavy atom. The van der Waals surface area contributed by atoms with E-state index in [-0.39, 0.29) is 12.1 Å². The summed E-state index contributed by atoms with van der Waals surface area (Å²) in [6.45, 7) is 3.46. The van der Waals surface area contributed by atoms with E-state index < -0.39 is 0 Å². The molecule has 1 aromatic carbocycles. The van der Waals surface area contributed by atoms with Gasteiger partial charge in [0.1, 0.15) is 0 Å². The molecule has 0 bridgehead atoms. The van der Waals surface area contributed by atoms with Gasteiger partial charge in [0.2, 0.25) is 0 Å². The number of hydrogen-bond donors (Lipinski definition) is 1. The van der Waals surface area contributed by atoms with E-state index in [1.54, 1.807) is 18.5 Å². The van der Waals surface area contributed by atoms with Crippen LogP contribution in [0.1, 0.15) is 12.5 Å². The smallest absolute Gasteiger partial charge is 0.322 e. The third kappa shape index (κ3) is 3.32. The zero-order chi connectivity index (χ0) is 16.4. The van der Waals surface area contributed by atoms with Gasteiger partial charge in [0.15, 0.2) is 0 Å². The second-order valence-electron chi connectivity index (χ2n) is 5.77. The van der Waals surface area contributed by atoms with Crippen LogP contribution in [0.3, 0.4) is 0 Å². The number of hydrogen-bond acceptors (Lipinski definition) is 3. The molecule has 5 nitrogen and oxygen atoms in total. The van der Waals surface area contributed by atoms with Gasteiger partial charge in [-0.1, -0.05) is 18.2 Å².